The minimum atomic E-state index is -0.314. The summed E-state index contributed by atoms with van der Waals surface area (Å²) < 4.78 is 6.39. The summed E-state index contributed by atoms with van der Waals surface area (Å²) in [5, 5.41) is 3.77. The molecule has 1 saturated heterocycles. The number of hydrogen-bond donors (Lipinski definition) is 4. The fraction of sp³-hybridized carbons (Fsp3) is 0.185. The van der Waals surface area contributed by atoms with Crippen molar-refractivity contribution in [2.75, 3.05) is 6.61 Å². The molecule has 1 aliphatic rings. The van der Waals surface area contributed by atoms with Crippen LogP contribution in [0.4, 0.5) is 0 Å². The van der Waals surface area contributed by atoms with Gasteiger partial charge in [0.15, 0.2) is 0 Å². The number of hydrazine groups is 2. The second-order valence-corrected chi connectivity index (χ2v) is 8.54. The smallest absolute Gasteiger partial charge is 0.265 e. The lowest BCUT2D eigenvalue weighted by Crippen LogP contribution is -2.30. The standard InChI is InChI=1S/C27H26N4O3/c28-30-26(32)23-12-10-17(18-5-1-3-7-20(18)23)16-9-14-25(34-15-16)22-11-13-24(27(33)31-29)21-8-4-2-6-19(21)22/h1-8,10-13,16,25H,9,14-15,28-29H2,(H,30,32)(H,31,33). The minimum absolute atomic E-state index is 0.0651. The van der Waals surface area contributed by atoms with Crippen molar-refractivity contribution in [1.82, 2.24) is 10.9 Å². The van der Waals surface area contributed by atoms with Crippen molar-refractivity contribution < 1.29 is 14.3 Å². The maximum atomic E-state index is 12.2. The van der Waals surface area contributed by atoms with Gasteiger partial charge in [0.1, 0.15) is 0 Å². The topological polar surface area (TPSA) is 119 Å². The molecule has 2 unspecified atom stereocenters. The Morgan fingerprint density at radius 1 is 0.676 bits per heavy atom. The van der Waals surface area contributed by atoms with Crippen LogP contribution in [0, 0.1) is 0 Å². The fourth-order valence-corrected chi connectivity index (χ4v) is 5.08. The lowest BCUT2D eigenvalue weighted by Gasteiger charge is -2.31. The maximum absolute atomic E-state index is 12.2. The molecule has 7 nitrogen and oxygen atoms in total. The molecule has 0 aromatic heterocycles. The molecule has 6 N–H and O–H groups in total. The van der Waals surface area contributed by atoms with Crippen LogP contribution in [0.5, 0.6) is 0 Å². The Morgan fingerprint density at radius 3 is 1.68 bits per heavy atom. The molecule has 2 atom stereocenters. The highest BCUT2D eigenvalue weighted by Crippen LogP contribution is 2.40. The zero-order valence-corrected chi connectivity index (χ0v) is 18.6. The zero-order valence-electron chi connectivity index (χ0n) is 18.6. The van der Waals surface area contributed by atoms with Gasteiger partial charge in [-0.15, -0.1) is 0 Å². The number of amides is 2. The average molecular weight is 455 g/mol. The second kappa shape index (κ2) is 9.23. The third-order valence-corrected chi connectivity index (χ3v) is 6.73. The van der Waals surface area contributed by atoms with Crippen molar-refractivity contribution in [3.05, 3.63) is 95.1 Å². The van der Waals surface area contributed by atoms with Crippen LogP contribution in [0.15, 0.2) is 72.8 Å². The van der Waals surface area contributed by atoms with Crippen LogP contribution in [0.25, 0.3) is 21.5 Å². The van der Waals surface area contributed by atoms with Crippen LogP contribution >= 0.6 is 0 Å². The number of rotatable bonds is 4. The Labute approximate surface area is 197 Å². The number of nitrogens with one attached hydrogen (secondary N) is 2. The van der Waals surface area contributed by atoms with Gasteiger partial charge in [-0.25, -0.2) is 11.7 Å². The Hall–Kier alpha value is -3.78. The van der Waals surface area contributed by atoms with Crippen molar-refractivity contribution in [2.45, 2.75) is 24.9 Å². The minimum Gasteiger partial charge on any atom is -0.373 e. The number of nitrogen functional groups attached to an aromatic ring is 2. The number of carbonyl (C=O) groups is 2. The van der Waals surface area contributed by atoms with Crippen molar-refractivity contribution in [3.8, 4) is 0 Å². The Kier molecular flexibility index (Phi) is 5.98. The highest BCUT2D eigenvalue weighted by molar-refractivity contribution is 6.08. The lowest BCUT2D eigenvalue weighted by molar-refractivity contribution is 0.00349. The molecule has 34 heavy (non-hydrogen) atoms. The van der Waals surface area contributed by atoms with Gasteiger partial charge in [0.2, 0.25) is 0 Å². The molecule has 0 spiro atoms. The molecule has 0 bridgehead atoms. The van der Waals surface area contributed by atoms with E-state index in [1.807, 2.05) is 72.8 Å². The second-order valence-electron chi connectivity index (χ2n) is 8.54. The van der Waals surface area contributed by atoms with E-state index in [0.29, 0.717) is 17.7 Å². The normalized spacial score (nSPS) is 18.1. The number of ether oxygens (including phenoxy) is 1. The average Bonchev–Trinajstić information content (AvgIpc) is 2.91. The van der Waals surface area contributed by atoms with E-state index in [1.165, 1.54) is 5.56 Å². The molecule has 1 fully saturated rings. The van der Waals surface area contributed by atoms with E-state index in [4.69, 9.17) is 16.4 Å². The van der Waals surface area contributed by atoms with Crippen LogP contribution in [0.1, 0.15) is 56.7 Å². The summed E-state index contributed by atoms with van der Waals surface area (Å²) in [6.45, 7) is 0.566. The predicted octanol–water partition coefficient (Wildman–Crippen LogP) is 3.84. The summed E-state index contributed by atoms with van der Waals surface area (Å²) in [4.78, 5) is 24.4. The largest absolute Gasteiger partial charge is 0.373 e. The molecule has 7 heteroatoms. The van der Waals surface area contributed by atoms with Gasteiger partial charge in [-0.1, -0.05) is 60.7 Å². The molecular formula is C27H26N4O3. The molecule has 4 aromatic rings. The Morgan fingerprint density at radius 2 is 1.18 bits per heavy atom. The summed E-state index contributed by atoms with van der Waals surface area (Å²) in [6.07, 6.45) is 1.72. The van der Waals surface area contributed by atoms with Crippen molar-refractivity contribution >= 4 is 33.4 Å². The molecule has 2 amide bonds. The molecule has 0 radical (unpaired) electrons. The van der Waals surface area contributed by atoms with Crippen LogP contribution in [-0.4, -0.2) is 18.4 Å². The first-order valence-electron chi connectivity index (χ1n) is 11.3. The van der Waals surface area contributed by atoms with Crippen molar-refractivity contribution in [3.63, 3.8) is 0 Å². The van der Waals surface area contributed by atoms with E-state index >= 15 is 0 Å². The summed E-state index contributed by atoms with van der Waals surface area (Å²) in [5.41, 5.74) is 7.80. The highest BCUT2D eigenvalue weighted by Gasteiger charge is 2.27. The molecule has 4 aromatic carbocycles. The molecule has 0 saturated carbocycles. The van der Waals surface area contributed by atoms with Crippen LogP contribution in [0.2, 0.25) is 0 Å². The third kappa shape index (κ3) is 3.80. The first kappa shape index (κ1) is 22.0. The van der Waals surface area contributed by atoms with Gasteiger partial charge < -0.3 is 4.74 Å². The first-order valence-corrected chi connectivity index (χ1v) is 11.3. The maximum Gasteiger partial charge on any atom is 0.265 e. The molecular weight excluding hydrogens is 428 g/mol. The summed E-state index contributed by atoms with van der Waals surface area (Å²) >= 11 is 0. The summed E-state index contributed by atoms with van der Waals surface area (Å²) in [7, 11) is 0. The number of carbonyl (C=O) groups excluding carboxylic acids is 2. The molecule has 0 aliphatic carbocycles. The zero-order chi connectivity index (χ0) is 23.7. The first-order chi connectivity index (χ1) is 16.6. The predicted molar refractivity (Wildman–Crippen MR) is 132 cm³/mol. The Balaban J connectivity index is 1.43. The van der Waals surface area contributed by atoms with Crippen molar-refractivity contribution in [1.29, 1.82) is 0 Å². The molecule has 1 aliphatic heterocycles. The van der Waals surface area contributed by atoms with Crippen LogP contribution in [-0.2, 0) is 4.74 Å². The van der Waals surface area contributed by atoms with Gasteiger partial charge in [0.05, 0.1) is 12.7 Å². The fourth-order valence-electron chi connectivity index (χ4n) is 5.08. The monoisotopic (exact) mass is 454 g/mol. The SMILES string of the molecule is NNC(=O)c1ccc(C2CCC(c3ccc(C(=O)NN)c4ccccc34)OC2)c2ccccc12. The quantitative estimate of drug-likeness (QED) is 0.212. The molecule has 5 rings (SSSR count). The van der Waals surface area contributed by atoms with Gasteiger partial charge >= 0.3 is 0 Å². The lowest BCUT2D eigenvalue weighted by atomic mass is 9.85. The van der Waals surface area contributed by atoms with E-state index in [-0.39, 0.29) is 23.8 Å². The summed E-state index contributed by atoms with van der Waals surface area (Å²) in [5.74, 6) is 10.3. The van der Waals surface area contributed by atoms with Gasteiger partial charge in [0, 0.05) is 17.0 Å². The van der Waals surface area contributed by atoms with Crippen LogP contribution < -0.4 is 22.5 Å². The van der Waals surface area contributed by atoms with E-state index in [1.54, 1.807) is 0 Å². The summed E-state index contributed by atoms with van der Waals surface area (Å²) in [6, 6.07) is 23.3. The van der Waals surface area contributed by atoms with Gasteiger partial charge in [-0.2, -0.15) is 0 Å². The van der Waals surface area contributed by atoms with Crippen LogP contribution in [0.3, 0.4) is 0 Å². The molecule has 1 heterocycles. The Bertz CT molecular complexity index is 1290. The highest BCUT2D eigenvalue weighted by atomic mass is 16.5. The number of nitrogens with two attached hydrogens (primary N) is 2. The number of fused-ring (bicyclic) bond motifs is 2. The van der Waals surface area contributed by atoms with E-state index in [2.05, 4.69) is 10.9 Å². The van der Waals surface area contributed by atoms with E-state index in [0.717, 1.165) is 39.9 Å². The molecule has 172 valence electrons. The van der Waals surface area contributed by atoms with E-state index < -0.39 is 0 Å². The van der Waals surface area contributed by atoms with Gasteiger partial charge in [-0.05, 0) is 57.6 Å². The van der Waals surface area contributed by atoms with Crippen molar-refractivity contribution in [2.24, 2.45) is 11.7 Å². The van der Waals surface area contributed by atoms with Gasteiger partial charge in [0.25, 0.3) is 11.8 Å². The van der Waals surface area contributed by atoms with E-state index in [9.17, 15) is 9.59 Å². The number of benzene rings is 4. The van der Waals surface area contributed by atoms with Gasteiger partial charge in [-0.3, -0.25) is 20.4 Å². The third-order valence-electron chi connectivity index (χ3n) is 6.73. The number of hydrogen-bond acceptors (Lipinski definition) is 5.